The fourth-order valence-electron chi connectivity index (χ4n) is 20.4. The SMILES string of the molecule is [C-]#[N+]\C(C#N)=C1/C(=C/C=C/c2sc3c(sc4c5c6nsnc6c6c7sc8c(CCCCCCCCCCC)c(/C=C/C=C9\C(=O)c%10cc%11cc(F)c(F)cc%11cc%10\C9=C(\C#N)[N+]#[C-])sc8c7n(CC(CCCCCC)CCCCCCCC)c6c5n(CC(CCCCCC)CCCCCCCC)c34)c2CCCCCCCCCCC)C(=O)c2cc3cc(F)c(F)cc3cc21. The number of aromatic nitrogens is 4. The zero-order chi connectivity index (χ0) is 90.5. The van der Waals surface area contributed by atoms with Crippen LogP contribution in [0, 0.1) is 70.9 Å². The molecule has 2 atom stereocenters. The summed E-state index contributed by atoms with van der Waals surface area (Å²) in [6, 6.07) is 14.8. The highest BCUT2D eigenvalue weighted by atomic mass is 32.1. The summed E-state index contributed by atoms with van der Waals surface area (Å²) in [7, 11) is 0. The minimum Gasteiger partial charge on any atom is -0.337 e. The predicted molar refractivity (Wildman–Crippen MR) is 541 cm³/mol. The first-order valence-corrected chi connectivity index (χ1v) is 53.0. The van der Waals surface area contributed by atoms with Gasteiger partial charge in [-0.2, -0.15) is 8.75 Å². The van der Waals surface area contributed by atoms with E-state index < -0.39 is 23.3 Å². The van der Waals surface area contributed by atoms with E-state index >= 15 is 0 Å². The Kier molecular flexibility index (Phi) is 34.8. The Bertz CT molecular complexity index is 6030. The van der Waals surface area contributed by atoms with E-state index in [9.17, 15) is 37.7 Å². The number of allylic oxidation sites excluding steroid dienone is 10. The molecule has 0 saturated carbocycles. The topological polar surface area (TPSA) is 126 Å². The first kappa shape index (κ1) is 95.9. The molecule has 0 fully saturated rings. The van der Waals surface area contributed by atoms with Crippen LogP contribution < -0.4 is 0 Å². The van der Waals surface area contributed by atoms with Crippen molar-refractivity contribution in [3.63, 3.8) is 0 Å². The normalized spacial score (nSPS) is 15.0. The van der Waals surface area contributed by atoms with Gasteiger partial charge in [0.05, 0.1) is 87.3 Å². The van der Waals surface area contributed by atoms with Gasteiger partial charge in [-0.1, -0.05) is 297 Å². The van der Waals surface area contributed by atoms with E-state index in [1.165, 1.54) is 251 Å². The summed E-state index contributed by atoms with van der Waals surface area (Å²) in [6.45, 7) is 31.8. The van der Waals surface area contributed by atoms with Crippen molar-refractivity contribution in [1.29, 1.82) is 10.5 Å². The number of aryl methyl sites for hydroxylation is 2. The lowest BCUT2D eigenvalue weighted by atomic mass is 9.93. The molecule has 2 unspecified atom stereocenters. The van der Waals surface area contributed by atoms with Gasteiger partial charge in [0.25, 0.3) is 11.4 Å². The van der Waals surface area contributed by atoms with Gasteiger partial charge in [0.1, 0.15) is 11.0 Å². The van der Waals surface area contributed by atoms with Crippen LogP contribution in [0.3, 0.4) is 0 Å². The first-order valence-electron chi connectivity index (χ1n) is 49.0. The van der Waals surface area contributed by atoms with Crippen molar-refractivity contribution < 1.29 is 27.2 Å². The highest BCUT2D eigenvalue weighted by Crippen LogP contribution is 2.56. The molecule has 7 heterocycles. The number of fused-ring (bicyclic) bond motifs is 18. The van der Waals surface area contributed by atoms with Crippen molar-refractivity contribution >= 4 is 186 Å². The number of benzene rings is 5. The highest BCUT2D eigenvalue weighted by Gasteiger charge is 2.37. The number of nitriles is 2. The summed E-state index contributed by atoms with van der Waals surface area (Å²) in [5.74, 6) is -4.15. The Hall–Kier alpha value is -9.18. The van der Waals surface area contributed by atoms with Crippen LogP contribution in [-0.2, 0) is 25.9 Å². The molecule has 10 nitrogen and oxygen atoms in total. The Balaban J connectivity index is 1.01. The molecule has 14 rings (SSSR count). The maximum absolute atomic E-state index is 14.9. The van der Waals surface area contributed by atoms with Crippen LogP contribution >= 0.6 is 57.1 Å². The molecular formula is C110H126F4N8O2S5. The second-order valence-corrected chi connectivity index (χ2v) is 41.2. The summed E-state index contributed by atoms with van der Waals surface area (Å²) in [6.07, 6.45) is 63.1. The second-order valence-electron chi connectivity index (χ2n) is 36.6. The lowest BCUT2D eigenvalue weighted by Crippen LogP contribution is -2.14. The van der Waals surface area contributed by atoms with E-state index in [4.69, 9.17) is 21.9 Å². The largest absolute Gasteiger partial charge is 0.337 e. The minimum absolute atomic E-state index is 0.186. The molecule has 0 aliphatic heterocycles. The molecule has 0 bridgehead atoms. The van der Waals surface area contributed by atoms with Crippen molar-refractivity contribution in [3.8, 4) is 12.1 Å². The molecule has 7 aromatic heterocycles. The second kappa shape index (κ2) is 46.8. The van der Waals surface area contributed by atoms with Crippen LogP contribution in [0.5, 0.6) is 0 Å². The third kappa shape index (κ3) is 21.5. The summed E-state index contributed by atoms with van der Waals surface area (Å²) in [4.78, 5) is 39.3. The van der Waals surface area contributed by atoms with Crippen molar-refractivity contribution in [1.82, 2.24) is 17.9 Å². The maximum Gasteiger partial charge on any atom is 0.270 e. The number of hydrogen-bond donors (Lipinski definition) is 0. The molecule has 0 N–H and O–H groups in total. The average Bonchev–Trinajstić information content (AvgIpc) is 1.50. The predicted octanol–water partition coefficient (Wildman–Crippen LogP) is 36.1. The van der Waals surface area contributed by atoms with E-state index in [1.807, 2.05) is 57.5 Å². The van der Waals surface area contributed by atoms with E-state index in [2.05, 4.69) is 84.7 Å². The van der Waals surface area contributed by atoms with Crippen LogP contribution in [-0.4, -0.2) is 29.4 Å². The number of nitrogens with zero attached hydrogens (tertiary/aromatic N) is 8. The zero-order valence-electron chi connectivity index (χ0n) is 76.7. The lowest BCUT2D eigenvalue weighted by molar-refractivity contribution is 0.103. The quantitative estimate of drug-likeness (QED) is 0.0123. The number of carbonyl (C=O) groups excluding carboxylic acids is 2. The minimum atomic E-state index is -1.03. The van der Waals surface area contributed by atoms with E-state index in [-0.39, 0.29) is 56.4 Å². The number of rotatable bonds is 52. The lowest BCUT2D eigenvalue weighted by Gasteiger charge is -2.22. The standard InChI is InChI=1S/C110H126F4N8O2S5/c1-9-15-21-27-31-33-35-39-45-53-77-91(57-47-55-79-93(89(67-115)117-7)81-59-73-63-85(111)87(113)65-75(73)61-83(81)103(79)123)125-109-101-107(127-105(77)109)95-97-98(120-129-119-97)96-100(99(95)121(101)69-71(49-41-25-19-13-5)51-43-37-29-23-17-11-3)122(70-72(50-42-26-20-14-6)52-44-38-30-24-18-12-4)102-108(96)128-106-78(54-46-40-36-34-32-28-22-16-10-2)92(126-110(102)106)58-48-56-80-94(90(68-116)118-8)82-60-74-64-86(112)88(114)66-76(74)62-84(82)104(80)124/h47-48,55-66,71-72H,9-46,49-54,69-70H2,1-6H3/b57-47+,58-48+,79-55-,80-56-,93-89-,94-90+. The smallest absolute Gasteiger partial charge is 0.270 e. The van der Waals surface area contributed by atoms with Gasteiger partial charge in [-0.3, -0.25) is 9.59 Å². The van der Waals surface area contributed by atoms with Crippen LogP contribution in [0.15, 0.2) is 95.4 Å². The Morgan fingerprint density at radius 2 is 0.682 bits per heavy atom. The molecule has 2 aliphatic carbocycles. The molecule has 2 aliphatic rings. The van der Waals surface area contributed by atoms with Gasteiger partial charge in [-0.05, 0) is 168 Å². The molecule has 0 spiro atoms. The van der Waals surface area contributed by atoms with Crippen molar-refractivity contribution in [2.75, 3.05) is 0 Å². The number of unbranched alkanes of at least 4 members (excludes halogenated alkanes) is 32. The first-order chi connectivity index (χ1) is 63.2. The number of halogens is 4. The molecule has 0 saturated heterocycles. The Labute approximate surface area is 781 Å². The van der Waals surface area contributed by atoms with Crippen LogP contribution in [0.25, 0.3) is 127 Å². The van der Waals surface area contributed by atoms with Gasteiger partial charge in [0.15, 0.2) is 34.8 Å². The number of ketones is 2. The Morgan fingerprint density at radius 1 is 0.388 bits per heavy atom. The summed E-state index contributed by atoms with van der Waals surface area (Å²) >= 11 is 8.79. The van der Waals surface area contributed by atoms with Crippen LogP contribution in [0.1, 0.15) is 364 Å². The van der Waals surface area contributed by atoms with Crippen molar-refractivity contribution in [2.24, 2.45) is 11.8 Å². The van der Waals surface area contributed by atoms with Crippen LogP contribution in [0.4, 0.5) is 17.6 Å². The van der Waals surface area contributed by atoms with Gasteiger partial charge in [-0.25, -0.2) is 37.8 Å². The molecular weight excluding hydrogens is 1700 g/mol. The fraction of sp³-hybridized carbons (Fsp3) is 0.491. The molecule has 129 heavy (non-hydrogen) atoms. The van der Waals surface area contributed by atoms with Gasteiger partial charge >= 0.3 is 0 Å². The van der Waals surface area contributed by atoms with Crippen LogP contribution in [0.2, 0.25) is 0 Å². The number of Topliss-reactive ketones (excluding diaryl/α,β-unsaturated/α-hetero) is 2. The van der Waals surface area contributed by atoms with E-state index in [1.54, 1.807) is 36.4 Å². The maximum atomic E-state index is 14.9. The summed E-state index contributed by atoms with van der Waals surface area (Å²) in [5, 5.41) is 24.9. The third-order valence-electron chi connectivity index (χ3n) is 27.3. The summed E-state index contributed by atoms with van der Waals surface area (Å²) in [5.41, 5.74) is 10.8. The van der Waals surface area contributed by atoms with Gasteiger partial charge in [-0.15, -0.1) is 45.3 Å². The zero-order valence-corrected chi connectivity index (χ0v) is 80.8. The fourth-order valence-corrected chi connectivity index (χ4v) is 26.8. The van der Waals surface area contributed by atoms with Crippen molar-refractivity contribution in [3.05, 3.63) is 185 Å². The summed E-state index contributed by atoms with van der Waals surface area (Å²) < 4.78 is 83.8. The third-order valence-corrected chi connectivity index (χ3v) is 33.0. The molecule has 5 aromatic carbocycles. The monoisotopic (exact) mass is 1830 g/mol. The molecule has 19 heteroatoms. The van der Waals surface area contributed by atoms with E-state index in [0.29, 0.717) is 44.5 Å². The van der Waals surface area contributed by atoms with E-state index in [0.717, 1.165) is 174 Å². The number of thiophene rings is 4. The van der Waals surface area contributed by atoms with Gasteiger partial charge in [0.2, 0.25) is 0 Å². The molecule has 0 radical (unpaired) electrons. The van der Waals surface area contributed by atoms with Gasteiger partial charge < -0.3 is 9.13 Å². The molecule has 0 amide bonds. The average molecular weight is 1830 g/mol. The highest BCUT2D eigenvalue weighted by molar-refractivity contribution is 7.34. The van der Waals surface area contributed by atoms with Crippen molar-refractivity contribution in [2.45, 2.75) is 337 Å². The van der Waals surface area contributed by atoms with Gasteiger partial charge in [0, 0.05) is 67.0 Å². The molecule has 676 valence electrons. The Morgan fingerprint density at radius 3 is 0.992 bits per heavy atom. The molecule has 12 aromatic rings. The number of carbonyl (C=O) groups is 2. The number of hydrogen-bond acceptors (Lipinski definition) is 11.